The molecule has 1 saturated heterocycles. The Hall–Kier alpha value is -2.55. The molecule has 2 atom stereocenters. The van der Waals surface area contributed by atoms with Crippen LogP contribution in [0.25, 0.3) is 0 Å². The van der Waals surface area contributed by atoms with Crippen LogP contribution in [-0.2, 0) is 11.3 Å². The van der Waals surface area contributed by atoms with Crippen molar-refractivity contribution in [2.24, 2.45) is 5.92 Å². The van der Waals surface area contributed by atoms with Gasteiger partial charge in [-0.05, 0) is 31.2 Å². The quantitative estimate of drug-likeness (QED) is 0.560. The molecule has 1 amide bonds. The van der Waals surface area contributed by atoms with Crippen LogP contribution in [0.2, 0.25) is 0 Å². The summed E-state index contributed by atoms with van der Waals surface area (Å²) in [6.07, 6.45) is 6.15. The van der Waals surface area contributed by atoms with Crippen molar-refractivity contribution in [1.29, 1.82) is 0 Å². The lowest BCUT2D eigenvalue weighted by Gasteiger charge is -2.42. The molecule has 5 rings (SSSR count). The predicted octanol–water partition coefficient (Wildman–Crippen LogP) is 2.35. The van der Waals surface area contributed by atoms with Crippen molar-refractivity contribution in [1.82, 2.24) is 19.0 Å². The Kier molecular flexibility index (Phi) is 5.84. The van der Waals surface area contributed by atoms with Crippen molar-refractivity contribution >= 4 is 17.7 Å². The molecule has 2 fully saturated rings. The van der Waals surface area contributed by atoms with Gasteiger partial charge in [0.05, 0.1) is 11.8 Å². The molecule has 4 heterocycles. The first kappa shape index (κ1) is 21.3. The highest BCUT2D eigenvalue weighted by Gasteiger charge is 2.36. The summed E-state index contributed by atoms with van der Waals surface area (Å²) in [6, 6.07) is 6.61. The number of carbonyl (C=O) groups excluding carboxylic acids is 1. The molecule has 2 aliphatic heterocycles. The van der Waals surface area contributed by atoms with Gasteiger partial charge < -0.3 is 14.6 Å². The molecule has 1 aliphatic carbocycles. The van der Waals surface area contributed by atoms with Crippen LogP contribution in [0.4, 0.5) is 0 Å². The third kappa shape index (κ3) is 4.10. The number of piperidine rings is 1. The molecule has 3 aliphatic rings. The first-order valence-electron chi connectivity index (χ1n) is 11.4. The fourth-order valence-electron chi connectivity index (χ4n) is 5.55. The van der Waals surface area contributed by atoms with E-state index in [2.05, 4.69) is 4.98 Å². The second-order valence-electron chi connectivity index (χ2n) is 9.18. The number of hydrogen-bond donors (Lipinski definition) is 1. The van der Waals surface area contributed by atoms with Crippen LogP contribution in [0.5, 0.6) is 5.88 Å². The number of hydrogen-bond acceptors (Lipinski definition) is 6. The van der Waals surface area contributed by atoms with Gasteiger partial charge in [0.2, 0.25) is 11.8 Å². The Bertz CT molecular complexity index is 1140. The van der Waals surface area contributed by atoms with E-state index in [0.29, 0.717) is 24.8 Å². The molecule has 0 unspecified atom stereocenters. The number of rotatable bonds is 4. The van der Waals surface area contributed by atoms with Gasteiger partial charge in [0.25, 0.3) is 11.1 Å². The average molecular weight is 457 g/mol. The molecule has 32 heavy (non-hydrogen) atoms. The van der Waals surface area contributed by atoms with Crippen molar-refractivity contribution < 1.29 is 9.90 Å². The molecule has 0 spiro atoms. The zero-order valence-electron chi connectivity index (χ0n) is 18.0. The Morgan fingerprint density at radius 2 is 1.91 bits per heavy atom. The Balaban J connectivity index is 1.31. The van der Waals surface area contributed by atoms with E-state index in [1.54, 1.807) is 16.7 Å². The van der Waals surface area contributed by atoms with Crippen LogP contribution in [0, 0.1) is 5.92 Å². The summed E-state index contributed by atoms with van der Waals surface area (Å²) in [5.41, 5.74) is 0.789. The van der Waals surface area contributed by atoms with Crippen molar-refractivity contribution in [3.63, 3.8) is 0 Å². The van der Waals surface area contributed by atoms with Crippen molar-refractivity contribution in [2.45, 2.75) is 62.2 Å². The molecular formula is C23H28N4O4S. The van der Waals surface area contributed by atoms with Crippen LogP contribution in [0.15, 0.2) is 39.0 Å². The topological polar surface area (TPSA) is 97.4 Å². The molecule has 9 heteroatoms. The van der Waals surface area contributed by atoms with Crippen LogP contribution in [0.3, 0.4) is 0 Å². The molecule has 0 radical (unpaired) electrons. The Labute approximate surface area is 190 Å². The van der Waals surface area contributed by atoms with Crippen molar-refractivity contribution in [3.8, 4) is 5.88 Å². The molecule has 170 valence electrons. The highest BCUT2D eigenvalue weighted by Crippen LogP contribution is 2.36. The fraction of sp³-hybridized carbons (Fsp3) is 0.565. The van der Waals surface area contributed by atoms with E-state index in [0.717, 1.165) is 43.9 Å². The van der Waals surface area contributed by atoms with Crippen LogP contribution < -0.4 is 11.1 Å². The zero-order valence-corrected chi connectivity index (χ0v) is 18.8. The van der Waals surface area contributed by atoms with E-state index in [1.165, 1.54) is 18.2 Å². The van der Waals surface area contributed by atoms with Gasteiger partial charge in [-0.3, -0.25) is 19.0 Å². The largest absolute Gasteiger partial charge is 0.493 e. The monoisotopic (exact) mass is 456 g/mol. The smallest absolute Gasteiger partial charge is 0.258 e. The third-order valence-corrected chi connectivity index (χ3v) is 7.94. The first-order chi connectivity index (χ1) is 15.5. The number of nitrogens with zero attached hydrogens (tertiary/aromatic N) is 4. The number of amides is 1. The summed E-state index contributed by atoms with van der Waals surface area (Å²) in [7, 11) is 0. The molecule has 1 saturated carbocycles. The molecule has 2 bridgehead atoms. The molecule has 0 aromatic carbocycles. The van der Waals surface area contributed by atoms with E-state index in [9.17, 15) is 19.5 Å². The SMILES string of the molecule is O=C(CSc1nc(O)cc(=O)n1C1CCCCC1)N1C[C@@H]2C[C@H](C1)c1cccc(=O)n1C2. The van der Waals surface area contributed by atoms with Crippen LogP contribution >= 0.6 is 11.8 Å². The zero-order chi connectivity index (χ0) is 22.2. The van der Waals surface area contributed by atoms with Gasteiger partial charge in [-0.15, -0.1) is 0 Å². The number of thioether (sulfide) groups is 1. The lowest BCUT2D eigenvalue weighted by atomic mass is 9.83. The molecule has 8 nitrogen and oxygen atoms in total. The van der Waals surface area contributed by atoms with Gasteiger partial charge in [0, 0.05) is 43.4 Å². The summed E-state index contributed by atoms with van der Waals surface area (Å²) in [5, 5.41) is 10.3. The van der Waals surface area contributed by atoms with Gasteiger partial charge in [-0.25, -0.2) is 0 Å². The van der Waals surface area contributed by atoms with E-state index in [4.69, 9.17) is 0 Å². The van der Waals surface area contributed by atoms with Crippen molar-refractivity contribution in [3.05, 3.63) is 50.7 Å². The summed E-state index contributed by atoms with van der Waals surface area (Å²) in [4.78, 5) is 44.0. The maximum absolute atomic E-state index is 13.1. The minimum absolute atomic E-state index is 0.00390. The number of pyridine rings is 1. The van der Waals surface area contributed by atoms with E-state index in [-0.39, 0.29) is 46.5 Å². The second kappa shape index (κ2) is 8.77. The number of aromatic nitrogens is 3. The average Bonchev–Trinajstić information content (AvgIpc) is 2.78. The number of fused-ring (bicyclic) bond motifs is 4. The van der Waals surface area contributed by atoms with Gasteiger partial charge in [-0.1, -0.05) is 37.1 Å². The Morgan fingerprint density at radius 3 is 2.72 bits per heavy atom. The summed E-state index contributed by atoms with van der Waals surface area (Å²) in [5.74, 6) is 0.318. The molecule has 2 aromatic heterocycles. The maximum Gasteiger partial charge on any atom is 0.258 e. The standard InChI is InChI=1S/C23H28N4O4S/c28-19-10-21(30)27(17-5-2-1-3-6-17)23(24-19)32-14-22(31)25-11-15-9-16(13-25)18-7-4-8-20(29)26(18)12-15/h4,7-8,10,15-17,28H,1-3,5-6,9,11-14H2/t15-,16+/m0/s1. The number of carbonyl (C=O) groups is 1. The fourth-order valence-corrected chi connectivity index (χ4v) is 6.52. The van der Waals surface area contributed by atoms with E-state index >= 15 is 0 Å². The minimum atomic E-state index is -0.299. The second-order valence-corrected chi connectivity index (χ2v) is 10.1. The van der Waals surface area contributed by atoms with Crippen LogP contribution in [-0.4, -0.2) is 48.9 Å². The minimum Gasteiger partial charge on any atom is -0.493 e. The van der Waals surface area contributed by atoms with Crippen LogP contribution in [0.1, 0.15) is 56.2 Å². The first-order valence-corrected chi connectivity index (χ1v) is 12.4. The molecule has 2 aromatic rings. The van der Waals surface area contributed by atoms with Gasteiger partial charge in [0.15, 0.2) is 5.16 Å². The Morgan fingerprint density at radius 1 is 1.09 bits per heavy atom. The van der Waals surface area contributed by atoms with Gasteiger partial charge >= 0.3 is 0 Å². The van der Waals surface area contributed by atoms with E-state index < -0.39 is 0 Å². The summed E-state index contributed by atoms with van der Waals surface area (Å²) in [6.45, 7) is 1.89. The third-order valence-electron chi connectivity index (χ3n) is 7.00. The van der Waals surface area contributed by atoms with Crippen molar-refractivity contribution in [2.75, 3.05) is 18.8 Å². The normalized spacial score (nSPS) is 23.1. The number of aromatic hydroxyl groups is 1. The lowest BCUT2D eigenvalue weighted by molar-refractivity contribution is -0.131. The maximum atomic E-state index is 13.1. The van der Waals surface area contributed by atoms with Gasteiger partial charge in [0.1, 0.15) is 0 Å². The summed E-state index contributed by atoms with van der Waals surface area (Å²) >= 11 is 1.23. The predicted molar refractivity (Wildman–Crippen MR) is 121 cm³/mol. The van der Waals surface area contributed by atoms with Gasteiger partial charge in [-0.2, -0.15) is 4.98 Å². The number of likely N-dealkylation sites (tertiary alicyclic amines) is 1. The highest BCUT2D eigenvalue weighted by atomic mass is 32.2. The highest BCUT2D eigenvalue weighted by molar-refractivity contribution is 7.99. The molecular weight excluding hydrogens is 428 g/mol. The molecule has 1 N–H and O–H groups in total. The summed E-state index contributed by atoms with van der Waals surface area (Å²) < 4.78 is 3.53. The lowest BCUT2D eigenvalue weighted by Crippen LogP contribution is -2.49. The van der Waals surface area contributed by atoms with E-state index in [1.807, 2.05) is 15.5 Å².